The molecule has 0 amide bonds. The van der Waals surface area contributed by atoms with E-state index in [2.05, 4.69) is 54.5 Å². The van der Waals surface area contributed by atoms with E-state index in [0.29, 0.717) is 27.4 Å². The lowest BCUT2D eigenvalue weighted by Crippen LogP contribution is -2.22. The van der Waals surface area contributed by atoms with Crippen molar-refractivity contribution in [1.29, 1.82) is 0 Å². The lowest BCUT2D eigenvalue weighted by atomic mass is 10.2. The summed E-state index contributed by atoms with van der Waals surface area (Å²) >= 11 is 15.2. The first kappa shape index (κ1) is 20.8. The quantitative estimate of drug-likeness (QED) is 0.219. The summed E-state index contributed by atoms with van der Waals surface area (Å²) in [6.07, 6.45) is 3.76. The van der Waals surface area contributed by atoms with E-state index in [1.165, 1.54) is 0 Å². The fourth-order valence-corrected chi connectivity index (χ4v) is 4.31. The van der Waals surface area contributed by atoms with E-state index < -0.39 is 0 Å². The zero-order valence-corrected chi connectivity index (χ0v) is 20.8. The molecule has 0 aliphatic carbocycles. The van der Waals surface area contributed by atoms with Gasteiger partial charge < -0.3 is 0 Å². The molecule has 0 bridgehead atoms. The fraction of sp³-hybridized carbons (Fsp3) is 0. The number of halogens is 4. The number of hydrogen-bond acceptors (Lipinski definition) is 2. The van der Waals surface area contributed by atoms with Crippen LogP contribution in [0.5, 0.6) is 0 Å². The van der Waals surface area contributed by atoms with Gasteiger partial charge in [-0.3, -0.25) is 9.36 Å². The summed E-state index contributed by atoms with van der Waals surface area (Å²) in [5.41, 5.74) is 2.22. The van der Waals surface area contributed by atoms with Gasteiger partial charge in [0.25, 0.3) is 5.56 Å². The molecule has 3 nitrogen and oxygen atoms in total. The molecule has 7 heteroatoms. The van der Waals surface area contributed by atoms with Gasteiger partial charge in [0.15, 0.2) is 0 Å². The monoisotopic (exact) mass is 640 g/mol. The summed E-state index contributed by atoms with van der Waals surface area (Å²) in [5, 5.41) is 1.25. The Hall–Kier alpha value is -1.48. The van der Waals surface area contributed by atoms with Crippen LogP contribution in [0.1, 0.15) is 11.4 Å². The van der Waals surface area contributed by atoms with Gasteiger partial charge >= 0.3 is 0 Å². The van der Waals surface area contributed by atoms with Crippen molar-refractivity contribution >= 4 is 89.1 Å². The SMILES string of the molecule is O=c1c2cc(I)ccc2nc(/C=C/c2ccc(Cl)cc2)n1-c1cc(Br)ccc1Br. The number of fused-ring (bicyclic) bond motifs is 1. The smallest absolute Gasteiger partial charge is 0.266 e. The minimum absolute atomic E-state index is 0.122. The number of rotatable bonds is 3. The minimum atomic E-state index is -0.122. The number of aromatic nitrogens is 2. The number of nitrogens with zero attached hydrogens (tertiary/aromatic N) is 2. The van der Waals surface area contributed by atoms with E-state index in [4.69, 9.17) is 16.6 Å². The van der Waals surface area contributed by atoms with Crippen molar-refractivity contribution in [1.82, 2.24) is 9.55 Å². The second-order valence-corrected chi connectivity index (χ2v) is 9.70. The second-order valence-electron chi connectivity index (χ2n) is 6.25. The normalized spacial score (nSPS) is 11.4. The van der Waals surface area contributed by atoms with E-state index in [0.717, 1.165) is 18.1 Å². The first-order valence-electron chi connectivity index (χ1n) is 8.54. The molecule has 0 radical (unpaired) electrons. The summed E-state index contributed by atoms with van der Waals surface area (Å²) in [7, 11) is 0. The molecule has 0 N–H and O–H groups in total. The predicted octanol–water partition coefficient (Wildman–Crippen LogP) is 7.34. The van der Waals surface area contributed by atoms with Crippen molar-refractivity contribution in [2.24, 2.45) is 0 Å². The Morgan fingerprint density at radius 2 is 1.72 bits per heavy atom. The lowest BCUT2D eigenvalue weighted by molar-refractivity contribution is 0.938. The van der Waals surface area contributed by atoms with Crippen LogP contribution >= 0.6 is 66.1 Å². The van der Waals surface area contributed by atoms with Crippen molar-refractivity contribution in [2.75, 3.05) is 0 Å². The Labute approximate surface area is 202 Å². The molecule has 0 atom stereocenters. The third-order valence-electron chi connectivity index (χ3n) is 4.30. The molecule has 4 rings (SSSR count). The topological polar surface area (TPSA) is 34.9 Å². The summed E-state index contributed by atoms with van der Waals surface area (Å²) in [4.78, 5) is 18.2. The highest BCUT2D eigenvalue weighted by atomic mass is 127. The summed E-state index contributed by atoms with van der Waals surface area (Å²) in [5.74, 6) is 0.539. The Balaban J connectivity index is 1.99. The molecule has 0 saturated heterocycles. The highest BCUT2D eigenvalue weighted by Gasteiger charge is 2.14. The van der Waals surface area contributed by atoms with Crippen LogP contribution in [-0.2, 0) is 0 Å². The van der Waals surface area contributed by atoms with Gasteiger partial charge in [-0.1, -0.05) is 45.7 Å². The van der Waals surface area contributed by atoms with Gasteiger partial charge in [-0.15, -0.1) is 0 Å². The van der Waals surface area contributed by atoms with E-state index in [1.807, 2.05) is 72.8 Å². The summed E-state index contributed by atoms with van der Waals surface area (Å²) < 4.78 is 4.28. The average Bonchev–Trinajstić information content (AvgIpc) is 2.70. The fourth-order valence-electron chi connectivity index (χ4n) is 2.92. The third-order valence-corrected chi connectivity index (χ3v) is 6.39. The van der Waals surface area contributed by atoms with Gasteiger partial charge in [-0.2, -0.15) is 0 Å². The molecule has 3 aromatic carbocycles. The van der Waals surface area contributed by atoms with E-state index in [1.54, 1.807) is 4.57 Å². The zero-order valence-electron chi connectivity index (χ0n) is 14.7. The molecule has 0 unspecified atom stereocenters. The summed E-state index contributed by atoms with van der Waals surface area (Å²) in [6, 6.07) is 18.9. The standard InChI is InChI=1S/C22H12Br2ClIN2O/c23-14-4-8-18(24)20(11-14)28-21(10-3-13-1-5-15(25)6-2-13)27-19-9-7-16(26)12-17(19)22(28)29/h1-12H/b10-3+. The first-order chi connectivity index (χ1) is 13.9. The summed E-state index contributed by atoms with van der Waals surface area (Å²) in [6.45, 7) is 0. The van der Waals surface area contributed by atoms with Crippen molar-refractivity contribution in [3.63, 3.8) is 0 Å². The van der Waals surface area contributed by atoms with Crippen LogP contribution in [-0.4, -0.2) is 9.55 Å². The maximum absolute atomic E-state index is 13.5. The predicted molar refractivity (Wildman–Crippen MR) is 136 cm³/mol. The lowest BCUT2D eigenvalue weighted by Gasteiger charge is -2.13. The molecule has 1 aromatic heterocycles. The van der Waals surface area contributed by atoms with Gasteiger partial charge in [0, 0.05) is 17.5 Å². The molecular weight excluding hydrogens is 630 g/mol. The van der Waals surface area contributed by atoms with Gasteiger partial charge in [0.1, 0.15) is 5.82 Å². The van der Waals surface area contributed by atoms with Crippen molar-refractivity contribution in [2.45, 2.75) is 0 Å². The molecule has 0 aliphatic rings. The molecule has 0 saturated carbocycles. The van der Waals surface area contributed by atoms with Crippen LogP contribution < -0.4 is 5.56 Å². The van der Waals surface area contributed by atoms with Crippen molar-refractivity contribution in [3.05, 3.63) is 99.9 Å². The maximum Gasteiger partial charge on any atom is 0.266 e. The first-order valence-corrected chi connectivity index (χ1v) is 11.6. The largest absolute Gasteiger partial charge is 0.268 e. The van der Waals surface area contributed by atoms with E-state index in [9.17, 15) is 4.79 Å². The molecule has 144 valence electrons. The molecule has 29 heavy (non-hydrogen) atoms. The van der Waals surface area contributed by atoms with Crippen molar-refractivity contribution < 1.29 is 0 Å². The van der Waals surface area contributed by atoms with Gasteiger partial charge in [-0.05, 0) is 98.7 Å². The second kappa shape index (κ2) is 8.71. The number of benzene rings is 3. The van der Waals surface area contributed by atoms with E-state index >= 15 is 0 Å². The molecule has 0 fully saturated rings. The highest BCUT2D eigenvalue weighted by molar-refractivity contribution is 14.1. The zero-order chi connectivity index (χ0) is 20.5. The Bertz CT molecular complexity index is 1320. The van der Waals surface area contributed by atoms with Crippen LogP contribution in [0.2, 0.25) is 5.02 Å². The third kappa shape index (κ3) is 4.50. The average molecular weight is 643 g/mol. The van der Waals surface area contributed by atoms with Gasteiger partial charge in [0.05, 0.1) is 16.6 Å². The van der Waals surface area contributed by atoms with Crippen LogP contribution in [0.25, 0.3) is 28.7 Å². The van der Waals surface area contributed by atoms with Crippen LogP contribution in [0.4, 0.5) is 0 Å². The van der Waals surface area contributed by atoms with E-state index in [-0.39, 0.29) is 5.56 Å². The molecule has 0 aliphatic heterocycles. The number of hydrogen-bond donors (Lipinski definition) is 0. The Morgan fingerprint density at radius 1 is 0.966 bits per heavy atom. The minimum Gasteiger partial charge on any atom is -0.268 e. The Morgan fingerprint density at radius 3 is 2.48 bits per heavy atom. The van der Waals surface area contributed by atoms with Crippen LogP contribution in [0.15, 0.2) is 74.4 Å². The molecule has 4 aromatic rings. The maximum atomic E-state index is 13.5. The van der Waals surface area contributed by atoms with Gasteiger partial charge in [0.2, 0.25) is 0 Å². The Kier molecular flexibility index (Phi) is 6.24. The highest BCUT2D eigenvalue weighted by Crippen LogP contribution is 2.26. The van der Waals surface area contributed by atoms with Crippen LogP contribution in [0.3, 0.4) is 0 Å². The molecule has 1 heterocycles. The van der Waals surface area contributed by atoms with Crippen LogP contribution in [0, 0.1) is 3.57 Å². The van der Waals surface area contributed by atoms with Crippen molar-refractivity contribution in [3.8, 4) is 5.69 Å². The van der Waals surface area contributed by atoms with Gasteiger partial charge in [-0.25, -0.2) is 4.98 Å². The molecule has 0 spiro atoms. The molecular formula is C22H12Br2ClIN2O.